The molecule has 6 nitrogen and oxygen atoms in total. The van der Waals surface area contributed by atoms with Gasteiger partial charge in [0.25, 0.3) is 11.8 Å². The highest BCUT2D eigenvalue weighted by Crippen LogP contribution is 2.28. The highest BCUT2D eigenvalue weighted by atomic mass is 19.1. The molecule has 1 fully saturated rings. The molecule has 3 rings (SSSR count). The van der Waals surface area contributed by atoms with Gasteiger partial charge in [-0.25, -0.2) is 4.39 Å². The van der Waals surface area contributed by atoms with E-state index in [4.69, 9.17) is 0 Å². The van der Waals surface area contributed by atoms with Crippen LogP contribution in [0.3, 0.4) is 0 Å². The van der Waals surface area contributed by atoms with Crippen LogP contribution in [0.25, 0.3) is 11.1 Å². The number of hydrogen-bond acceptors (Lipinski definition) is 4. The molecule has 3 N–H and O–H groups in total. The van der Waals surface area contributed by atoms with Gasteiger partial charge in [0.2, 0.25) is 0 Å². The normalized spacial score (nSPS) is 16.2. The zero-order chi connectivity index (χ0) is 21.9. The number of aliphatic hydroxyl groups is 2. The van der Waals surface area contributed by atoms with E-state index >= 15 is 0 Å². The molecule has 7 heteroatoms. The van der Waals surface area contributed by atoms with Gasteiger partial charge in [-0.05, 0) is 55.5 Å². The third-order valence-corrected chi connectivity index (χ3v) is 5.30. The number of likely N-dealkylation sites (tertiary alicyclic amines) is 1. The minimum atomic E-state index is -1.85. The van der Waals surface area contributed by atoms with Crippen LogP contribution in [0.2, 0.25) is 0 Å². The summed E-state index contributed by atoms with van der Waals surface area (Å²) >= 11 is 0. The van der Waals surface area contributed by atoms with Crippen LogP contribution < -0.4 is 5.32 Å². The molecule has 0 aliphatic carbocycles. The van der Waals surface area contributed by atoms with Crippen molar-refractivity contribution in [2.45, 2.75) is 44.6 Å². The second kappa shape index (κ2) is 8.93. The second-order valence-electron chi connectivity index (χ2n) is 8.04. The maximum atomic E-state index is 14.0. The molecule has 2 unspecified atom stereocenters. The number of hydrogen-bond donors (Lipinski definition) is 3. The molecule has 1 saturated heterocycles. The van der Waals surface area contributed by atoms with Gasteiger partial charge in [-0.1, -0.05) is 36.4 Å². The number of benzene rings is 2. The molecule has 0 spiro atoms. The van der Waals surface area contributed by atoms with Gasteiger partial charge in [0, 0.05) is 18.8 Å². The largest absolute Gasteiger partial charge is 0.380 e. The highest BCUT2D eigenvalue weighted by molar-refractivity contribution is 5.98. The Morgan fingerprint density at radius 2 is 1.43 bits per heavy atom. The summed E-state index contributed by atoms with van der Waals surface area (Å²) < 4.78 is 14.0. The van der Waals surface area contributed by atoms with Crippen molar-refractivity contribution < 1.29 is 24.2 Å². The fraction of sp³-hybridized carbons (Fsp3) is 0.391. The molecule has 0 saturated carbocycles. The zero-order valence-electron chi connectivity index (χ0n) is 17.1. The fourth-order valence-electron chi connectivity index (χ4n) is 3.42. The Labute approximate surface area is 175 Å². The average molecular weight is 414 g/mol. The summed E-state index contributed by atoms with van der Waals surface area (Å²) in [4.78, 5) is 25.8. The molecule has 30 heavy (non-hydrogen) atoms. The number of amides is 2. The molecule has 2 aromatic carbocycles. The molecule has 0 radical (unpaired) electrons. The Kier molecular flexibility index (Phi) is 6.53. The van der Waals surface area contributed by atoms with Crippen molar-refractivity contribution in [3.8, 4) is 11.1 Å². The molecule has 1 aliphatic heterocycles. The lowest BCUT2D eigenvalue weighted by atomic mass is 9.97. The molecule has 0 bridgehead atoms. The van der Waals surface area contributed by atoms with Crippen molar-refractivity contribution >= 4 is 17.5 Å². The van der Waals surface area contributed by atoms with Crippen LogP contribution in [0.4, 0.5) is 10.1 Å². The van der Waals surface area contributed by atoms with E-state index in [1.165, 1.54) is 18.7 Å². The lowest BCUT2D eigenvalue weighted by Gasteiger charge is -2.22. The molecule has 2 amide bonds. The highest BCUT2D eigenvalue weighted by Gasteiger charge is 2.34. The Hall–Kier alpha value is -2.77. The van der Waals surface area contributed by atoms with Crippen LogP contribution in [0.1, 0.15) is 32.3 Å². The van der Waals surface area contributed by atoms with E-state index in [1.54, 1.807) is 36.4 Å². The first-order valence-electron chi connectivity index (χ1n) is 10.0. The summed E-state index contributed by atoms with van der Waals surface area (Å²) in [5.41, 5.74) is 1.37. The van der Waals surface area contributed by atoms with Gasteiger partial charge in [-0.2, -0.15) is 0 Å². The number of halogens is 1. The SMILES string of the molecule is CC(C)(F)c1ccc(-c2ccc(NC(=O)C(O)C(O)C(=O)N3CCCC3)cc2)cc1. The number of carbonyl (C=O) groups is 2. The number of anilines is 1. The third-order valence-electron chi connectivity index (χ3n) is 5.30. The van der Waals surface area contributed by atoms with Gasteiger partial charge in [0.05, 0.1) is 0 Å². The minimum Gasteiger partial charge on any atom is -0.380 e. The molecule has 1 aliphatic rings. The Balaban J connectivity index is 1.62. The zero-order valence-corrected chi connectivity index (χ0v) is 17.1. The van der Waals surface area contributed by atoms with E-state index < -0.39 is 29.7 Å². The van der Waals surface area contributed by atoms with Gasteiger partial charge in [0.1, 0.15) is 5.67 Å². The quantitative estimate of drug-likeness (QED) is 0.678. The summed E-state index contributed by atoms with van der Waals surface area (Å²) in [5, 5.41) is 22.6. The number of carbonyl (C=O) groups excluding carboxylic acids is 2. The van der Waals surface area contributed by atoms with Crippen LogP contribution in [-0.2, 0) is 15.3 Å². The summed E-state index contributed by atoms with van der Waals surface area (Å²) in [6.07, 6.45) is -1.95. The van der Waals surface area contributed by atoms with Crippen LogP contribution in [0.5, 0.6) is 0 Å². The first-order valence-corrected chi connectivity index (χ1v) is 10.0. The number of aliphatic hydroxyl groups excluding tert-OH is 2. The van der Waals surface area contributed by atoms with Gasteiger partial charge < -0.3 is 20.4 Å². The topological polar surface area (TPSA) is 89.9 Å². The minimum absolute atomic E-state index is 0.421. The smallest absolute Gasteiger partial charge is 0.256 e. The van der Waals surface area contributed by atoms with Crippen LogP contribution >= 0.6 is 0 Å². The molecule has 2 aromatic rings. The van der Waals surface area contributed by atoms with Crippen molar-refractivity contribution in [3.05, 3.63) is 54.1 Å². The Bertz CT molecular complexity index is 885. The number of nitrogens with zero attached hydrogens (tertiary/aromatic N) is 1. The van der Waals surface area contributed by atoms with Crippen molar-refractivity contribution in [1.82, 2.24) is 4.90 Å². The second-order valence-corrected chi connectivity index (χ2v) is 8.04. The maximum Gasteiger partial charge on any atom is 0.256 e. The number of alkyl halides is 1. The van der Waals surface area contributed by atoms with Gasteiger partial charge in [-0.15, -0.1) is 0 Å². The lowest BCUT2D eigenvalue weighted by Crippen LogP contribution is -2.48. The standard InChI is InChI=1S/C23H27FN2O4/c1-23(2,24)17-9-5-15(6-10-17)16-7-11-18(12-8-16)25-21(29)19(27)20(28)22(30)26-13-3-4-14-26/h5-12,19-20,27-28H,3-4,13-14H2,1-2H3,(H,25,29). The first kappa shape index (κ1) is 21.9. The molecule has 1 heterocycles. The van der Waals surface area contributed by atoms with Crippen molar-refractivity contribution in [1.29, 1.82) is 0 Å². The van der Waals surface area contributed by atoms with E-state index in [9.17, 15) is 24.2 Å². The first-order chi connectivity index (χ1) is 14.2. The molecule has 2 atom stereocenters. The summed E-state index contributed by atoms with van der Waals surface area (Å²) in [6, 6.07) is 14.0. The van der Waals surface area contributed by atoms with Gasteiger partial charge in [0.15, 0.2) is 12.2 Å². The molecule has 160 valence electrons. The summed E-state index contributed by atoms with van der Waals surface area (Å²) in [5.74, 6) is -1.48. The van der Waals surface area contributed by atoms with Crippen molar-refractivity contribution in [2.24, 2.45) is 0 Å². The summed E-state index contributed by atoms with van der Waals surface area (Å²) in [7, 11) is 0. The Morgan fingerprint density at radius 1 is 0.933 bits per heavy atom. The molecular weight excluding hydrogens is 387 g/mol. The van der Waals surface area contributed by atoms with Gasteiger partial charge >= 0.3 is 0 Å². The lowest BCUT2D eigenvalue weighted by molar-refractivity contribution is -0.150. The van der Waals surface area contributed by atoms with E-state index in [0.29, 0.717) is 24.3 Å². The number of rotatable bonds is 6. The van der Waals surface area contributed by atoms with Gasteiger partial charge in [-0.3, -0.25) is 9.59 Å². The van der Waals surface area contributed by atoms with Crippen LogP contribution in [0.15, 0.2) is 48.5 Å². The van der Waals surface area contributed by atoms with E-state index in [1.807, 2.05) is 12.1 Å². The Morgan fingerprint density at radius 3 is 1.93 bits per heavy atom. The number of nitrogens with one attached hydrogen (secondary N) is 1. The molecular formula is C23H27FN2O4. The third kappa shape index (κ3) is 5.04. The summed E-state index contributed by atoms with van der Waals surface area (Å²) in [6.45, 7) is 4.05. The van der Waals surface area contributed by atoms with Crippen molar-refractivity contribution in [3.63, 3.8) is 0 Å². The van der Waals surface area contributed by atoms with E-state index in [-0.39, 0.29) is 0 Å². The average Bonchev–Trinajstić information content (AvgIpc) is 3.27. The van der Waals surface area contributed by atoms with Crippen molar-refractivity contribution in [2.75, 3.05) is 18.4 Å². The maximum absolute atomic E-state index is 14.0. The van der Waals surface area contributed by atoms with E-state index in [0.717, 1.165) is 24.0 Å². The van der Waals surface area contributed by atoms with Crippen LogP contribution in [0, 0.1) is 0 Å². The van der Waals surface area contributed by atoms with Crippen LogP contribution in [-0.4, -0.2) is 52.2 Å². The van der Waals surface area contributed by atoms with E-state index in [2.05, 4.69) is 5.32 Å². The fourth-order valence-corrected chi connectivity index (χ4v) is 3.42. The predicted octanol–water partition coefficient (Wildman–Crippen LogP) is 2.84. The molecule has 0 aromatic heterocycles. The predicted molar refractivity (Wildman–Crippen MR) is 112 cm³/mol. The monoisotopic (exact) mass is 414 g/mol.